The third kappa shape index (κ3) is 7.00. The van der Waals surface area contributed by atoms with Crippen molar-refractivity contribution in [1.29, 1.82) is 0 Å². The summed E-state index contributed by atoms with van der Waals surface area (Å²) in [7, 11) is 1.22. The van der Waals surface area contributed by atoms with Crippen LogP contribution in [-0.2, 0) is 14.2 Å². The molecule has 1 aromatic carbocycles. The zero-order valence-corrected chi connectivity index (χ0v) is 14.7. The van der Waals surface area contributed by atoms with Crippen LogP contribution in [-0.4, -0.2) is 38.0 Å². The summed E-state index contributed by atoms with van der Waals surface area (Å²) in [5.41, 5.74) is 0.378. The average Bonchev–Trinajstić information content (AvgIpc) is 2.59. The zero-order chi connectivity index (χ0) is 17.9. The van der Waals surface area contributed by atoms with Gasteiger partial charge in [0.05, 0.1) is 24.9 Å². The van der Waals surface area contributed by atoms with Crippen LogP contribution in [0, 0.1) is 0 Å². The highest BCUT2D eigenvalue weighted by Gasteiger charge is 2.15. The van der Waals surface area contributed by atoms with Crippen LogP contribution in [0.2, 0.25) is 0 Å². The van der Waals surface area contributed by atoms with Gasteiger partial charge < -0.3 is 18.9 Å². The number of ether oxygens (including phenoxy) is 4. The number of methoxy groups -OCH3 is 1. The Kier molecular flexibility index (Phi) is 8.86. The molecule has 1 aromatic rings. The second-order valence-electron chi connectivity index (χ2n) is 5.44. The van der Waals surface area contributed by atoms with Gasteiger partial charge in [0.2, 0.25) is 0 Å². The zero-order valence-electron chi connectivity index (χ0n) is 14.7. The molecular weight excluding hydrogens is 312 g/mol. The molecule has 0 fully saturated rings. The lowest BCUT2D eigenvalue weighted by atomic mass is 10.2. The minimum atomic E-state index is -0.811. The molecule has 0 aliphatic carbocycles. The molecule has 0 aliphatic rings. The molecule has 2 atom stereocenters. The second kappa shape index (κ2) is 10.6. The van der Waals surface area contributed by atoms with E-state index in [0.29, 0.717) is 11.3 Å². The van der Waals surface area contributed by atoms with Crippen molar-refractivity contribution in [2.75, 3.05) is 13.7 Å². The van der Waals surface area contributed by atoms with E-state index in [1.165, 1.54) is 31.4 Å². The third-order valence-electron chi connectivity index (χ3n) is 3.43. The highest BCUT2D eigenvalue weighted by Crippen LogP contribution is 2.14. The molecule has 134 valence electrons. The number of esters is 1. The van der Waals surface area contributed by atoms with Crippen molar-refractivity contribution in [3.05, 3.63) is 29.8 Å². The minimum Gasteiger partial charge on any atom is -0.459 e. The van der Waals surface area contributed by atoms with Gasteiger partial charge in [0.25, 0.3) is 0 Å². The van der Waals surface area contributed by atoms with E-state index in [1.807, 2.05) is 13.8 Å². The van der Waals surface area contributed by atoms with Crippen LogP contribution >= 0.6 is 0 Å². The quantitative estimate of drug-likeness (QED) is 0.501. The van der Waals surface area contributed by atoms with Crippen LogP contribution in [0.5, 0.6) is 5.75 Å². The molecule has 1 unspecified atom stereocenters. The molecule has 6 heteroatoms. The Morgan fingerprint density at radius 2 is 1.79 bits per heavy atom. The van der Waals surface area contributed by atoms with E-state index in [1.54, 1.807) is 0 Å². The van der Waals surface area contributed by atoms with Crippen molar-refractivity contribution in [3.63, 3.8) is 0 Å². The largest absolute Gasteiger partial charge is 0.513 e. The lowest BCUT2D eigenvalue weighted by molar-refractivity contribution is -0.0444. The summed E-state index contributed by atoms with van der Waals surface area (Å²) in [4.78, 5) is 23.1. The lowest BCUT2D eigenvalue weighted by Gasteiger charge is -2.21. The number of hydrogen-bond acceptors (Lipinski definition) is 6. The first-order chi connectivity index (χ1) is 11.5. The van der Waals surface area contributed by atoms with Crippen LogP contribution in [0.3, 0.4) is 0 Å². The minimum absolute atomic E-state index is 0.113. The Hall–Kier alpha value is -2.08. The van der Waals surface area contributed by atoms with Gasteiger partial charge in [-0.1, -0.05) is 20.3 Å². The van der Waals surface area contributed by atoms with Crippen LogP contribution in [0.25, 0.3) is 0 Å². The standard InChI is InChI=1S/C18H26O6/c1-5-7-13(3)23-15(6-2)12-22-17(19)14-8-10-16(11-9-14)24-18(20)21-4/h8-11,13,15H,5-7,12H2,1-4H3/t13?,15-/m0/s1. The fraction of sp³-hybridized carbons (Fsp3) is 0.556. The Bertz CT molecular complexity index is 511. The summed E-state index contributed by atoms with van der Waals surface area (Å²) in [6.07, 6.45) is 2.02. The van der Waals surface area contributed by atoms with Gasteiger partial charge in [-0.15, -0.1) is 0 Å². The molecule has 0 saturated heterocycles. The van der Waals surface area contributed by atoms with Crippen LogP contribution < -0.4 is 4.74 Å². The number of carbonyl (C=O) groups is 2. The predicted molar refractivity (Wildman–Crippen MR) is 89.3 cm³/mol. The van der Waals surface area contributed by atoms with E-state index in [0.717, 1.165) is 19.3 Å². The Morgan fingerprint density at radius 3 is 2.33 bits per heavy atom. The van der Waals surface area contributed by atoms with Gasteiger partial charge in [-0.2, -0.15) is 0 Å². The van der Waals surface area contributed by atoms with E-state index >= 15 is 0 Å². The first-order valence-electron chi connectivity index (χ1n) is 8.18. The van der Waals surface area contributed by atoms with E-state index in [9.17, 15) is 9.59 Å². The Balaban J connectivity index is 2.50. The van der Waals surface area contributed by atoms with E-state index in [-0.39, 0.29) is 18.8 Å². The van der Waals surface area contributed by atoms with E-state index < -0.39 is 12.1 Å². The van der Waals surface area contributed by atoms with E-state index in [4.69, 9.17) is 14.2 Å². The fourth-order valence-corrected chi connectivity index (χ4v) is 2.11. The van der Waals surface area contributed by atoms with Crippen molar-refractivity contribution in [2.24, 2.45) is 0 Å². The highest BCUT2D eigenvalue weighted by molar-refractivity contribution is 5.89. The van der Waals surface area contributed by atoms with Crippen molar-refractivity contribution >= 4 is 12.1 Å². The highest BCUT2D eigenvalue weighted by atomic mass is 16.7. The summed E-state index contributed by atoms with van der Waals surface area (Å²) >= 11 is 0. The molecule has 6 nitrogen and oxygen atoms in total. The molecule has 0 saturated carbocycles. The molecule has 0 heterocycles. The van der Waals surface area contributed by atoms with Gasteiger partial charge in [0, 0.05) is 0 Å². The van der Waals surface area contributed by atoms with Crippen molar-refractivity contribution < 1.29 is 28.5 Å². The summed E-state index contributed by atoms with van der Waals surface area (Å²) in [6.45, 7) is 6.34. The number of hydrogen-bond donors (Lipinski definition) is 0. The third-order valence-corrected chi connectivity index (χ3v) is 3.43. The van der Waals surface area contributed by atoms with Gasteiger partial charge in [-0.3, -0.25) is 0 Å². The van der Waals surface area contributed by atoms with Crippen molar-refractivity contribution in [1.82, 2.24) is 0 Å². The first kappa shape index (κ1) is 20.0. The van der Waals surface area contributed by atoms with Crippen molar-refractivity contribution in [2.45, 2.75) is 52.2 Å². The molecule has 0 N–H and O–H groups in total. The van der Waals surface area contributed by atoms with Crippen LogP contribution in [0.4, 0.5) is 4.79 Å². The number of benzene rings is 1. The smallest absolute Gasteiger partial charge is 0.459 e. The topological polar surface area (TPSA) is 71.1 Å². The van der Waals surface area contributed by atoms with Gasteiger partial charge in [-0.05, 0) is 44.0 Å². The van der Waals surface area contributed by atoms with Gasteiger partial charge in [0.1, 0.15) is 12.4 Å². The summed E-state index contributed by atoms with van der Waals surface area (Å²) in [6, 6.07) is 6.07. The monoisotopic (exact) mass is 338 g/mol. The first-order valence-corrected chi connectivity index (χ1v) is 8.18. The Morgan fingerprint density at radius 1 is 1.12 bits per heavy atom. The summed E-state index contributed by atoms with van der Waals surface area (Å²) in [5.74, 6) is -0.147. The number of carbonyl (C=O) groups excluding carboxylic acids is 2. The molecule has 0 aliphatic heterocycles. The van der Waals surface area contributed by atoms with Gasteiger partial charge in [-0.25, -0.2) is 9.59 Å². The molecule has 0 amide bonds. The molecule has 1 rings (SSSR count). The average molecular weight is 338 g/mol. The molecule has 0 spiro atoms. The molecule has 0 bridgehead atoms. The maximum atomic E-state index is 12.1. The van der Waals surface area contributed by atoms with Gasteiger partial charge in [0.15, 0.2) is 0 Å². The maximum absolute atomic E-state index is 12.1. The van der Waals surface area contributed by atoms with Crippen LogP contribution in [0.1, 0.15) is 50.4 Å². The second-order valence-corrected chi connectivity index (χ2v) is 5.44. The molecule has 0 radical (unpaired) electrons. The fourth-order valence-electron chi connectivity index (χ4n) is 2.11. The SMILES string of the molecule is CCCC(C)O[C@@H](CC)COC(=O)c1ccc(OC(=O)OC)cc1. The molecule has 24 heavy (non-hydrogen) atoms. The maximum Gasteiger partial charge on any atom is 0.513 e. The Labute approximate surface area is 143 Å². The van der Waals surface area contributed by atoms with Gasteiger partial charge >= 0.3 is 12.1 Å². The lowest BCUT2D eigenvalue weighted by Crippen LogP contribution is -2.25. The number of rotatable bonds is 9. The summed E-state index contributed by atoms with van der Waals surface area (Å²) in [5, 5.41) is 0. The van der Waals surface area contributed by atoms with E-state index in [2.05, 4.69) is 11.7 Å². The predicted octanol–water partition coefficient (Wildman–Crippen LogP) is 3.97. The normalized spacial score (nSPS) is 13.0. The van der Waals surface area contributed by atoms with Crippen molar-refractivity contribution in [3.8, 4) is 5.75 Å². The summed E-state index contributed by atoms with van der Waals surface area (Å²) < 4.78 is 20.4. The molecular formula is C18H26O6. The van der Waals surface area contributed by atoms with Crippen LogP contribution in [0.15, 0.2) is 24.3 Å². The molecule has 0 aromatic heterocycles.